The molecule has 2 fully saturated rings. The van der Waals surface area contributed by atoms with Crippen molar-refractivity contribution in [1.29, 1.82) is 0 Å². The number of carbonyl (C=O) groups is 3. The van der Waals surface area contributed by atoms with E-state index in [9.17, 15) is 14.4 Å². The van der Waals surface area contributed by atoms with Crippen molar-refractivity contribution in [3.63, 3.8) is 0 Å². The molecule has 2 heterocycles. The van der Waals surface area contributed by atoms with Crippen LogP contribution in [-0.4, -0.2) is 53.7 Å². The quantitative estimate of drug-likeness (QED) is 0.518. The summed E-state index contributed by atoms with van der Waals surface area (Å²) in [4.78, 5) is 42.6. The molecule has 1 atom stereocenters. The van der Waals surface area contributed by atoms with Crippen molar-refractivity contribution in [1.82, 2.24) is 20.5 Å². The van der Waals surface area contributed by atoms with Crippen molar-refractivity contribution in [2.24, 2.45) is 0 Å². The maximum Gasteiger partial charge on any atom is 0.251 e. The Balaban J connectivity index is 0.000000555. The van der Waals surface area contributed by atoms with E-state index in [0.29, 0.717) is 25.1 Å². The van der Waals surface area contributed by atoms with Crippen LogP contribution in [0.2, 0.25) is 0 Å². The molecule has 4 rings (SSSR count). The van der Waals surface area contributed by atoms with Crippen LogP contribution in [0.3, 0.4) is 0 Å². The number of likely N-dealkylation sites (tertiary alicyclic amines) is 1. The molecule has 1 aromatic carbocycles. The highest BCUT2D eigenvalue weighted by Gasteiger charge is 2.25. The molecule has 2 aromatic rings. The Hall–Kier alpha value is -3.06. The number of nitrogens with zero attached hydrogens (tertiary/aromatic N) is 2. The number of pyridine rings is 1. The third-order valence-electron chi connectivity index (χ3n) is 7.04. The van der Waals surface area contributed by atoms with Gasteiger partial charge < -0.3 is 15.5 Å². The smallest absolute Gasteiger partial charge is 0.251 e. The molecule has 2 aliphatic rings. The molecule has 200 valence electrons. The normalized spacial score (nSPS) is 17.3. The fourth-order valence-corrected chi connectivity index (χ4v) is 4.79. The largest absolute Gasteiger partial charge is 0.345 e. The van der Waals surface area contributed by atoms with Crippen LogP contribution in [0.25, 0.3) is 0 Å². The highest BCUT2D eigenvalue weighted by molar-refractivity contribution is 5.96. The zero-order valence-corrected chi connectivity index (χ0v) is 22.2. The molecule has 1 unspecified atom stereocenters. The van der Waals surface area contributed by atoms with Gasteiger partial charge in [0.05, 0.1) is 18.8 Å². The van der Waals surface area contributed by atoms with E-state index in [-0.39, 0.29) is 36.6 Å². The molecule has 1 aliphatic heterocycles. The number of benzene rings is 1. The average Bonchev–Trinajstić information content (AvgIpc) is 2.97. The van der Waals surface area contributed by atoms with Crippen LogP contribution < -0.4 is 10.6 Å². The minimum absolute atomic E-state index is 0.00240. The van der Waals surface area contributed by atoms with E-state index >= 15 is 0 Å². The molecule has 0 radical (unpaired) electrons. The van der Waals surface area contributed by atoms with E-state index in [0.717, 1.165) is 30.6 Å². The Kier molecular flexibility index (Phi) is 12.3. The summed E-state index contributed by atoms with van der Waals surface area (Å²) < 4.78 is 0. The summed E-state index contributed by atoms with van der Waals surface area (Å²) in [5.74, 6) is 0.0276. The first-order valence-corrected chi connectivity index (χ1v) is 13.8. The maximum atomic E-state index is 12.7. The van der Waals surface area contributed by atoms with Crippen LogP contribution >= 0.6 is 0 Å². The van der Waals surface area contributed by atoms with Gasteiger partial charge in [-0.25, -0.2) is 0 Å². The van der Waals surface area contributed by atoms with E-state index < -0.39 is 0 Å². The minimum Gasteiger partial charge on any atom is -0.345 e. The topological polar surface area (TPSA) is 91.4 Å². The third kappa shape index (κ3) is 10.1. The lowest BCUT2D eigenvalue weighted by atomic mass is 9.89. The monoisotopic (exact) mass is 506 g/mol. The third-order valence-corrected chi connectivity index (χ3v) is 7.04. The molecule has 1 aliphatic carbocycles. The van der Waals surface area contributed by atoms with Crippen LogP contribution in [0.5, 0.6) is 0 Å². The fourth-order valence-electron chi connectivity index (χ4n) is 4.79. The number of amides is 2. The second kappa shape index (κ2) is 15.9. The Morgan fingerprint density at radius 3 is 2.38 bits per heavy atom. The van der Waals surface area contributed by atoms with Crippen molar-refractivity contribution in [2.45, 2.75) is 77.2 Å². The SMILES string of the molecule is C1CCCCC1.CCC(=O)CNC(=O)c1cccc(C2CCCN(C(=O)CNCc3ccccn3)C2)c1. The maximum absolute atomic E-state index is 12.7. The molecule has 1 saturated heterocycles. The van der Waals surface area contributed by atoms with Gasteiger partial charge in [-0.3, -0.25) is 19.4 Å². The molecule has 2 amide bonds. The van der Waals surface area contributed by atoms with Gasteiger partial charge in [0.1, 0.15) is 0 Å². The number of rotatable bonds is 9. The molecule has 2 N–H and O–H groups in total. The van der Waals surface area contributed by atoms with Crippen LogP contribution in [0, 0.1) is 0 Å². The second-order valence-corrected chi connectivity index (χ2v) is 9.93. The highest BCUT2D eigenvalue weighted by atomic mass is 16.2. The van der Waals surface area contributed by atoms with Gasteiger partial charge in [-0.15, -0.1) is 0 Å². The van der Waals surface area contributed by atoms with Gasteiger partial charge in [0, 0.05) is 43.7 Å². The predicted octanol–water partition coefficient (Wildman–Crippen LogP) is 4.63. The molecule has 7 nitrogen and oxygen atoms in total. The summed E-state index contributed by atoms with van der Waals surface area (Å²) in [7, 11) is 0. The minimum atomic E-state index is -0.244. The fraction of sp³-hybridized carbons (Fsp3) is 0.533. The highest BCUT2D eigenvalue weighted by Crippen LogP contribution is 2.27. The van der Waals surface area contributed by atoms with Crippen molar-refractivity contribution in [3.05, 3.63) is 65.5 Å². The summed E-state index contributed by atoms with van der Waals surface area (Å²) in [6.07, 6.45) is 13.1. The Morgan fingerprint density at radius 2 is 1.70 bits per heavy atom. The zero-order valence-electron chi connectivity index (χ0n) is 22.2. The first-order valence-electron chi connectivity index (χ1n) is 13.8. The zero-order chi connectivity index (χ0) is 26.3. The van der Waals surface area contributed by atoms with Gasteiger partial charge in [-0.05, 0) is 42.7 Å². The van der Waals surface area contributed by atoms with E-state index in [1.54, 1.807) is 19.2 Å². The lowest BCUT2D eigenvalue weighted by Gasteiger charge is -2.33. The van der Waals surface area contributed by atoms with Crippen LogP contribution in [0.15, 0.2) is 48.7 Å². The number of carbonyl (C=O) groups excluding carboxylic acids is 3. The molecule has 7 heteroatoms. The first kappa shape index (κ1) is 28.5. The van der Waals surface area contributed by atoms with Crippen molar-refractivity contribution < 1.29 is 14.4 Å². The molecule has 0 bridgehead atoms. The van der Waals surface area contributed by atoms with E-state index in [1.807, 2.05) is 41.3 Å². The van der Waals surface area contributed by atoms with Crippen LogP contribution in [0.1, 0.15) is 92.2 Å². The van der Waals surface area contributed by atoms with Gasteiger partial charge in [-0.1, -0.05) is 63.6 Å². The summed E-state index contributed by atoms with van der Waals surface area (Å²) >= 11 is 0. The lowest BCUT2D eigenvalue weighted by Crippen LogP contribution is -2.43. The van der Waals surface area contributed by atoms with Gasteiger partial charge in [0.2, 0.25) is 5.91 Å². The summed E-state index contributed by atoms with van der Waals surface area (Å²) in [6, 6.07) is 13.2. The average molecular weight is 507 g/mol. The second-order valence-electron chi connectivity index (χ2n) is 9.93. The lowest BCUT2D eigenvalue weighted by molar-refractivity contribution is -0.131. The van der Waals surface area contributed by atoms with Crippen molar-refractivity contribution in [3.8, 4) is 0 Å². The Morgan fingerprint density at radius 1 is 0.946 bits per heavy atom. The van der Waals surface area contributed by atoms with E-state index in [1.165, 1.54) is 38.5 Å². The van der Waals surface area contributed by atoms with Gasteiger partial charge >= 0.3 is 0 Å². The summed E-state index contributed by atoms with van der Waals surface area (Å²) in [5.41, 5.74) is 2.50. The van der Waals surface area contributed by atoms with Gasteiger partial charge in [0.15, 0.2) is 5.78 Å². The standard InChI is InChI=1S/C24H30N4O3.C6H12/c1-2-22(29)15-27-24(31)19-8-5-7-18(13-19)20-9-6-12-28(17-20)23(30)16-25-14-21-10-3-4-11-26-21;1-2-4-6-5-3-1/h3-5,7-8,10-11,13,20,25H,2,6,9,12,14-17H2,1H3,(H,27,31);1-6H2. The Labute approximate surface area is 221 Å². The van der Waals surface area contributed by atoms with Crippen LogP contribution in [0.4, 0.5) is 0 Å². The number of hydrogen-bond acceptors (Lipinski definition) is 5. The van der Waals surface area contributed by atoms with Gasteiger partial charge in [-0.2, -0.15) is 0 Å². The number of Topliss-reactive ketones (excluding diaryl/α,β-unsaturated/α-hetero) is 1. The van der Waals surface area contributed by atoms with Crippen molar-refractivity contribution in [2.75, 3.05) is 26.2 Å². The number of ketones is 1. The number of piperidine rings is 1. The molecule has 0 spiro atoms. The molecular weight excluding hydrogens is 464 g/mol. The predicted molar refractivity (Wildman–Crippen MR) is 146 cm³/mol. The van der Waals surface area contributed by atoms with E-state index in [2.05, 4.69) is 15.6 Å². The molecule has 1 aromatic heterocycles. The number of aromatic nitrogens is 1. The number of hydrogen-bond donors (Lipinski definition) is 2. The molecule has 37 heavy (non-hydrogen) atoms. The summed E-state index contributed by atoms with van der Waals surface area (Å²) in [6.45, 7) is 4.05. The number of nitrogens with one attached hydrogen (secondary N) is 2. The van der Waals surface area contributed by atoms with Crippen LogP contribution in [-0.2, 0) is 16.1 Å². The van der Waals surface area contributed by atoms with Gasteiger partial charge in [0.25, 0.3) is 5.91 Å². The summed E-state index contributed by atoms with van der Waals surface area (Å²) in [5, 5.41) is 5.85. The van der Waals surface area contributed by atoms with Crippen molar-refractivity contribution >= 4 is 17.6 Å². The Bertz CT molecular complexity index is 980. The van der Waals surface area contributed by atoms with E-state index in [4.69, 9.17) is 0 Å². The first-order chi connectivity index (χ1) is 18.1. The molecule has 1 saturated carbocycles. The molecular formula is C30H42N4O3.